The number of benzene rings is 2. The van der Waals surface area contributed by atoms with E-state index in [4.69, 9.17) is 0 Å². The van der Waals surface area contributed by atoms with Crippen LogP contribution in [-0.2, 0) is 0 Å². The lowest BCUT2D eigenvalue weighted by molar-refractivity contribution is 0.0622. The highest BCUT2D eigenvalue weighted by Crippen LogP contribution is 2.36. The third kappa shape index (κ3) is 4.52. The van der Waals surface area contributed by atoms with E-state index in [1.807, 2.05) is 36.4 Å². The van der Waals surface area contributed by atoms with Gasteiger partial charge in [-0.3, -0.25) is 9.59 Å². The molecule has 1 aliphatic carbocycles. The maximum atomic E-state index is 13.1. The van der Waals surface area contributed by atoms with Crippen molar-refractivity contribution in [2.24, 2.45) is 5.92 Å². The van der Waals surface area contributed by atoms with Gasteiger partial charge in [-0.05, 0) is 79.4 Å². The van der Waals surface area contributed by atoms with Crippen LogP contribution in [-0.4, -0.2) is 48.4 Å². The van der Waals surface area contributed by atoms with E-state index in [9.17, 15) is 9.59 Å². The summed E-state index contributed by atoms with van der Waals surface area (Å²) in [6, 6.07) is 16.6. The molecule has 1 atom stereocenters. The second kappa shape index (κ2) is 9.09. The number of amides is 2. The lowest BCUT2D eigenvalue weighted by atomic mass is 9.84. The number of rotatable bonds is 5. The summed E-state index contributed by atoms with van der Waals surface area (Å²) < 4.78 is 1.09. The van der Waals surface area contributed by atoms with Gasteiger partial charge in [0, 0.05) is 28.9 Å². The Balaban J connectivity index is 0.00000228. The van der Waals surface area contributed by atoms with Crippen LogP contribution in [0.1, 0.15) is 45.7 Å². The van der Waals surface area contributed by atoms with E-state index in [0.29, 0.717) is 17.5 Å². The van der Waals surface area contributed by atoms with E-state index in [2.05, 4.69) is 27.7 Å². The first-order valence-corrected chi connectivity index (χ1v) is 12.4. The minimum atomic E-state index is -0.00899. The molecular formula is C26H28ClN3O2S. The first kappa shape index (κ1) is 22.4. The number of hydrogen-bond donors (Lipinski definition) is 2. The van der Waals surface area contributed by atoms with Crippen LogP contribution < -0.4 is 10.6 Å². The molecule has 7 rings (SSSR count). The molecule has 2 amide bonds. The van der Waals surface area contributed by atoms with Gasteiger partial charge in [-0.15, -0.1) is 23.7 Å². The van der Waals surface area contributed by atoms with E-state index < -0.39 is 0 Å². The van der Waals surface area contributed by atoms with Crippen LogP contribution in [0.4, 0.5) is 0 Å². The number of nitrogens with zero attached hydrogens (tertiary/aromatic N) is 1. The van der Waals surface area contributed by atoms with E-state index in [-0.39, 0.29) is 30.3 Å². The number of thiophene rings is 1. The highest BCUT2D eigenvalue weighted by Gasteiger charge is 2.35. The van der Waals surface area contributed by atoms with Gasteiger partial charge in [0.25, 0.3) is 11.8 Å². The smallest absolute Gasteiger partial charge is 0.261 e. The molecule has 1 saturated carbocycles. The van der Waals surface area contributed by atoms with E-state index in [0.717, 1.165) is 45.5 Å². The van der Waals surface area contributed by atoms with Crippen molar-refractivity contribution in [1.82, 2.24) is 15.5 Å². The molecule has 2 bridgehead atoms. The number of carbonyl (C=O) groups excluding carboxylic acids is 2. The van der Waals surface area contributed by atoms with Gasteiger partial charge in [0.15, 0.2) is 0 Å². The molecule has 4 fully saturated rings. The molecule has 3 aromatic rings. The molecular weight excluding hydrogens is 454 g/mol. The molecule has 172 valence electrons. The lowest BCUT2D eigenvalue weighted by Crippen LogP contribution is -2.57. The summed E-state index contributed by atoms with van der Waals surface area (Å²) in [5, 5.41) is 7.44. The molecule has 3 aliphatic heterocycles. The molecule has 5 nitrogen and oxygen atoms in total. The Morgan fingerprint density at radius 2 is 1.70 bits per heavy atom. The fourth-order valence-electron chi connectivity index (χ4n) is 5.09. The first-order chi connectivity index (χ1) is 15.6. The zero-order chi connectivity index (χ0) is 21.7. The van der Waals surface area contributed by atoms with Crippen molar-refractivity contribution in [3.8, 4) is 11.1 Å². The summed E-state index contributed by atoms with van der Waals surface area (Å²) in [5.74, 6) is 0.636. The Morgan fingerprint density at radius 3 is 2.42 bits per heavy atom. The number of halogens is 1. The van der Waals surface area contributed by atoms with Crippen molar-refractivity contribution < 1.29 is 9.59 Å². The average Bonchev–Trinajstić information content (AvgIpc) is 3.53. The second-order valence-electron chi connectivity index (χ2n) is 9.38. The Bertz CT molecular complexity index is 1200. The number of carbonyl (C=O) groups is 2. The Morgan fingerprint density at radius 1 is 0.909 bits per heavy atom. The van der Waals surface area contributed by atoms with Gasteiger partial charge in [0.2, 0.25) is 0 Å². The molecule has 0 unspecified atom stereocenters. The number of hydrogen-bond acceptors (Lipinski definition) is 4. The minimum absolute atomic E-state index is 0. The largest absolute Gasteiger partial charge is 0.349 e. The second-order valence-corrected chi connectivity index (χ2v) is 10.4. The van der Waals surface area contributed by atoms with Crippen molar-refractivity contribution in [3.05, 3.63) is 59.0 Å². The minimum Gasteiger partial charge on any atom is -0.349 e. The maximum Gasteiger partial charge on any atom is 0.261 e. The Labute approximate surface area is 204 Å². The highest BCUT2D eigenvalue weighted by atomic mass is 35.5. The van der Waals surface area contributed by atoms with Gasteiger partial charge in [0.1, 0.15) is 0 Å². The van der Waals surface area contributed by atoms with Crippen molar-refractivity contribution in [1.29, 1.82) is 0 Å². The summed E-state index contributed by atoms with van der Waals surface area (Å²) in [4.78, 5) is 28.8. The Kier molecular flexibility index (Phi) is 6.16. The average molecular weight is 482 g/mol. The van der Waals surface area contributed by atoms with Crippen LogP contribution >= 0.6 is 23.7 Å². The third-order valence-electron chi connectivity index (χ3n) is 7.09. The molecule has 4 heterocycles. The van der Waals surface area contributed by atoms with E-state index in [1.165, 1.54) is 25.9 Å². The normalized spacial score (nSPS) is 23.7. The third-order valence-corrected chi connectivity index (χ3v) is 8.27. The maximum absolute atomic E-state index is 13.1. The van der Waals surface area contributed by atoms with Gasteiger partial charge in [-0.1, -0.05) is 30.3 Å². The van der Waals surface area contributed by atoms with Crippen LogP contribution in [0.15, 0.2) is 48.5 Å². The van der Waals surface area contributed by atoms with Crippen molar-refractivity contribution in [2.45, 2.75) is 37.8 Å². The van der Waals surface area contributed by atoms with Crippen molar-refractivity contribution in [3.63, 3.8) is 0 Å². The van der Waals surface area contributed by atoms with Crippen molar-refractivity contribution in [2.75, 3.05) is 19.6 Å². The number of fused-ring (bicyclic) bond motifs is 4. The topological polar surface area (TPSA) is 61.4 Å². The Hall–Kier alpha value is -2.41. The van der Waals surface area contributed by atoms with E-state index in [1.54, 1.807) is 11.3 Å². The highest BCUT2D eigenvalue weighted by molar-refractivity contribution is 7.21. The fourth-order valence-corrected chi connectivity index (χ4v) is 6.19. The summed E-state index contributed by atoms with van der Waals surface area (Å²) in [5.41, 5.74) is 2.75. The molecule has 7 heteroatoms. The molecule has 0 radical (unpaired) electrons. The van der Waals surface area contributed by atoms with Crippen LogP contribution in [0.5, 0.6) is 0 Å². The zero-order valence-corrected chi connectivity index (χ0v) is 20.0. The molecule has 0 spiro atoms. The lowest BCUT2D eigenvalue weighted by Gasteiger charge is -2.44. The predicted molar refractivity (Wildman–Crippen MR) is 135 cm³/mol. The van der Waals surface area contributed by atoms with Gasteiger partial charge in [0.05, 0.1) is 4.88 Å². The summed E-state index contributed by atoms with van der Waals surface area (Å²) in [7, 11) is 0. The standard InChI is InChI=1S/C26H27N3O2S.ClH/c30-25(27-20-7-8-20)19-5-1-3-17(13-19)21-6-2-4-18-14-23(32-24(18)21)26(31)28-22-15-29-11-9-16(22)10-12-29;/h1-6,13-14,16,20,22H,7-12,15H2,(H,27,30)(H,28,31);1H/t22-;/m0./s1. The SMILES string of the molecule is Cl.O=C(NC1CC1)c1cccc(-c2cccc3cc(C(=O)N[C@H]4CN5CCC4CC5)sc23)c1. The van der Waals surface area contributed by atoms with Crippen LogP contribution in [0.25, 0.3) is 21.2 Å². The zero-order valence-electron chi connectivity index (χ0n) is 18.4. The van der Waals surface area contributed by atoms with Gasteiger partial charge >= 0.3 is 0 Å². The van der Waals surface area contributed by atoms with Crippen molar-refractivity contribution >= 4 is 45.6 Å². The molecule has 3 saturated heterocycles. The predicted octanol–water partition coefficient (Wildman–Crippen LogP) is 4.71. The quantitative estimate of drug-likeness (QED) is 0.555. The van der Waals surface area contributed by atoms with Gasteiger partial charge < -0.3 is 15.5 Å². The molecule has 2 N–H and O–H groups in total. The number of piperidine rings is 3. The van der Waals surface area contributed by atoms with Crippen LogP contribution in [0.2, 0.25) is 0 Å². The first-order valence-electron chi connectivity index (χ1n) is 11.6. The number of nitrogens with one attached hydrogen (secondary N) is 2. The summed E-state index contributed by atoms with van der Waals surface area (Å²) >= 11 is 1.54. The van der Waals surface area contributed by atoms with E-state index >= 15 is 0 Å². The summed E-state index contributed by atoms with van der Waals surface area (Å²) in [6.45, 7) is 3.31. The fraction of sp³-hybridized carbons (Fsp3) is 0.385. The monoisotopic (exact) mass is 481 g/mol. The molecule has 2 aromatic carbocycles. The molecule has 4 aliphatic rings. The van der Waals surface area contributed by atoms with Crippen LogP contribution in [0.3, 0.4) is 0 Å². The van der Waals surface area contributed by atoms with Gasteiger partial charge in [-0.2, -0.15) is 0 Å². The molecule has 33 heavy (non-hydrogen) atoms. The van der Waals surface area contributed by atoms with Crippen LogP contribution in [0, 0.1) is 5.92 Å². The summed E-state index contributed by atoms with van der Waals surface area (Å²) in [6.07, 6.45) is 4.52. The van der Waals surface area contributed by atoms with Gasteiger partial charge in [-0.25, -0.2) is 0 Å². The molecule has 1 aromatic heterocycles.